The molecule has 0 amide bonds. The first-order valence-electron chi connectivity index (χ1n) is 8.23. The average molecular weight is 273 g/mol. The smallest absolute Gasteiger partial charge is 0.186 e. The number of hydrogen-bond acceptors (Lipinski definition) is 1. The van der Waals surface area contributed by atoms with Gasteiger partial charge in [-0.2, -0.15) is 0 Å². The summed E-state index contributed by atoms with van der Waals surface area (Å²) in [6.07, 6.45) is 12.6. The van der Waals surface area contributed by atoms with E-state index >= 15 is 0 Å². The minimum atomic E-state index is -1.37. The van der Waals surface area contributed by atoms with Crippen LogP contribution in [0.25, 0.3) is 0 Å². The fourth-order valence-electron chi connectivity index (χ4n) is 2.22. The zero-order chi connectivity index (χ0) is 13.9. The third kappa shape index (κ3) is 10.1. The Bertz CT molecular complexity index is 180. The van der Waals surface area contributed by atoms with Gasteiger partial charge in [0.1, 0.15) is 0 Å². The van der Waals surface area contributed by atoms with Gasteiger partial charge < -0.3 is 4.43 Å². The lowest BCUT2D eigenvalue weighted by atomic mass is 10.0. The van der Waals surface area contributed by atoms with Crippen molar-refractivity contribution in [2.75, 3.05) is 0 Å². The van der Waals surface area contributed by atoms with Crippen molar-refractivity contribution in [3.8, 4) is 0 Å². The van der Waals surface area contributed by atoms with Crippen molar-refractivity contribution in [1.82, 2.24) is 0 Å². The Morgan fingerprint density at radius 1 is 0.778 bits per heavy atom. The molecule has 0 aliphatic rings. The molecule has 110 valence electrons. The highest BCUT2D eigenvalue weighted by Gasteiger charge is 2.24. The molecule has 1 nitrogen and oxygen atoms in total. The Balaban J connectivity index is 3.99. The van der Waals surface area contributed by atoms with E-state index in [9.17, 15) is 0 Å². The van der Waals surface area contributed by atoms with Gasteiger partial charge in [0.2, 0.25) is 0 Å². The summed E-state index contributed by atoms with van der Waals surface area (Å²) in [5.74, 6) is 0. The predicted molar refractivity (Wildman–Crippen MR) is 85.7 cm³/mol. The van der Waals surface area contributed by atoms with Gasteiger partial charge in [-0.1, -0.05) is 65.7 Å². The lowest BCUT2D eigenvalue weighted by molar-refractivity contribution is 0.163. The molecule has 0 N–H and O–H groups in total. The van der Waals surface area contributed by atoms with E-state index in [-0.39, 0.29) is 0 Å². The van der Waals surface area contributed by atoms with Crippen LogP contribution in [-0.4, -0.2) is 14.4 Å². The second kappa shape index (κ2) is 11.0. The fourth-order valence-corrected chi connectivity index (χ4v) is 3.52. The maximum atomic E-state index is 6.45. The Labute approximate surface area is 117 Å². The summed E-state index contributed by atoms with van der Waals surface area (Å²) in [4.78, 5) is 0. The predicted octanol–water partition coefficient (Wildman–Crippen LogP) is 6.15. The topological polar surface area (TPSA) is 9.23 Å². The largest absolute Gasteiger partial charge is 0.414 e. The molecule has 0 aliphatic heterocycles. The van der Waals surface area contributed by atoms with Crippen LogP contribution in [0.3, 0.4) is 0 Å². The molecular formula is C16H36OSi. The molecule has 0 heterocycles. The molecule has 0 radical (unpaired) electrons. The first-order chi connectivity index (χ1) is 8.55. The zero-order valence-corrected chi connectivity index (χ0v) is 14.6. The molecule has 0 aliphatic carbocycles. The molecule has 0 aromatic rings. The molecule has 2 heteroatoms. The summed E-state index contributed by atoms with van der Waals surface area (Å²) in [6.45, 7) is 11.6. The average Bonchev–Trinajstić information content (AvgIpc) is 2.34. The van der Waals surface area contributed by atoms with Crippen LogP contribution in [-0.2, 0) is 4.43 Å². The van der Waals surface area contributed by atoms with Crippen molar-refractivity contribution in [3.63, 3.8) is 0 Å². The molecule has 1 unspecified atom stereocenters. The lowest BCUT2D eigenvalue weighted by Crippen LogP contribution is -2.34. The van der Waals surface area contributed by atoms with Crippen LogP contribution in [0.4, 0.5) is 0 Å². The normalized spacial score (nSPS) is 13.8. The van der Waals surface area contributed by atoms with Crippen LogP contribution < -0.4 is 0 Å². The summed E-state index contributed by atoms with van der Waals surface area (Å²) < 4.78 is 6.45. The van der Waals surface area contributed by atoms with Gasteiger partial charge >= 0.3 is 0 Å². The van der Waals surface area contributed by atoms with Crippen LogP contribution >= 0.6 is 0 Å². The Morgan fingerprint density at radius 2 is 1.28 bits per heavy atom. The quantitative estimate of drug-likeness (QED) is 0.306. The van der Waals surface area contributed by atoms with Crippen molar-refractivity contribution < 1.29 is 4.43 Å². The zero-order valence-electron chi connectivity index (χ0n) is 13.6. The van der Waals surface area contributed by atoms with E-state index in [1.165, 1.54) is 63.8 Å². The molecule has 0 fully saturated rings. The van der Waals surface area contributed by atoms with E-state index in [0.717, 1.165) is 0 Å². The number of rotatable bonds is 12. The van der Waals surface area contributed by atoms with E-state index in [0.29, 0.717) is 6.10 Å². The number of hydrogen-bond donors (Lipinski definition) is 0. The van der Waals surface area contributed by atoms with Gasteiger partial charge in [0.05, 0.1) is 0 Å². The summed E-state index contributed by atoms with van der Waals surface area (Å²) in [5.41, 5.74) is 0. The second-order valence-electron chi connectivity index (χ2n) is 6.20. The monoisotopic (exact) mass is 272 g/mol. The maximum Gasteiger partial charge on any atom is 0.186 e. The molecule has 0 aromatic carbocycles. The van der Waals surface area contributed by atoms with Crippen molar-refractivity contribution >= 4 is 8.32 Å². The van der Waals surface area contributed by atoms with Gasteiger partial charge in [0.25, 0.3) is 0 Å². The summed E-state index contributed by atoms with van der Waals surface area (Å²) >= 11 is 0. The minimum absolute atomic E-state index is 0.551. The van der Waals surface area contributed by atoms with E-state index in [1.807, 2.05) is 0 Å². The Hall–Kier alpha value is 0.177. The second-order valence-corrected chi connectivity index (χ2v) is 10.7. The Morgan fingerprint density at radius 3 is 1.78 bits per heavy atom. The first kappa shape index (κ1) is 18.2. The molecule has 0 bridgehead atoms. The third-order valence-electron chi connectivity index (χ3n) is 3.85. The standard InChI is InChI=1S/C16H36OSi/c1-6-9-11-13-15-16(14-12-10-7-2)17-18(4,5)8-3/h16H,6-15H2,1-5H3. The van der Waals surface area contributed by atoms with Crippen LogP contribution in [0.1, 0.15) is 78.6 Å². The van der Waals surface area contributed by atoms with Crippen molar-refractivity contribution in [3.05, 3.63) is 0 Å². The third-order valence-corrected chi connectivity index (χ3v) is 6.52. The van der Waals surface area contributed by atoms with E-state index in [4.69, 9.17) is 4.43 Å². The van der Waals surface area contributed by atoms with Crippen molar-refractivity contribution in [1.29, 1.82) is 0 Å². The summed E-state index contributed by atoms with van der Waals surface area (Å²) in [5, 5.41) is 0. The van der Waals surface area contributed by atoms with Gasteiger partial charge in [0, 0.05) is 6.10 Å². The summed E-state index contributed by atoms with van der Waals surface area (Å²) in [6, 6.07) is 1.24. The highest BCUT2D eigenvalue weighted by Crippen LogP contribution is 2.21. The van der Waals surface area contributed by atoms with Crippen molar-refractivity contribution in [2.24, 2.45) is 0 Å². The fraction of sp³-hybridized carbons (Fsp3) is 1.00. The SMILES string of the molecule is CCCCCCC(CCCCC)O[Si](C)(C)CC. The highest BCUT2D eigenvalue weighted by atomic mass is 28.4. The molecule has 0 rings (SSSR count). The molecule has 18 heavy (non-hydrogen) atoms. The van der Waals surface area contributed by atoms with E-state index in [1.54, 1.807) is 0 Å². The van der Waals surface area contributed by atoms with Crippen molar-refractivity contribution in [2.45, 2.75) is 104 Å². The van der Waals surface area contributed by atoms with Crippen LogP contribution in [0.5, 0.6) is 0 Å². The maximum absolute atomic E-state index is 6.45. The summed E-state index contributed by atoms with van der Waals surface area (Å²) in [7, 11) is -1.37. The molecule has 0 saturated heterocycles. The molecule has 1 atom stereocenters. The van der Waals surface area contributed by atoms with E-state index < -0.39 is 8.32 Å². The van der Waals surface area contributed by atoms with Gasteiger partial charge in [-0.05, 0) is 32.0 Å². The molecule has 0 saturated carbocycles. The molecule has 0 spiro atoms. The van der Waals surface area contributed by atoms with Crippen LogP contribution in [0.15, 0.2) is 0 Å². The van der Waals surface area contributed by atoms with Gasteiger partial charge in [0.15, 0.2) is 8.32 Å². The van der Waals surface area contributed by atoms with Crippen LogP contribution in [0.2, 0.25) is 19.1 Å². The highest BCUT2D eigenvalue weighted by molar-refractivity contribution is 6.71. The molecule has 0 aromatic heterocycles. The van der Waals surface area contributed by atoms with Crippen LogP contribution in [0, 0.1) is 0 Å². The Kier molecular flexibility index (Phi) is 11.1. The lowest BCUT2D eigenvalue weighted by Gasteiger charge is -2.29. The van der Waals surface area contributed by atoms with Gasteiger partial charge in [-0.25, -0.2) is 0 Å². The van der Waals surface area contributed by atoms with Gasteiger partial charge in [-0.3, -0.25) is 0 Å². The minimum Gasteiger partial charge on any atom is -0.414 e. The number of unbranched alkanes of at least 4 members (excludes halogenated alkanes) is 5. The van der Waals surface area contributed by atoms with E-state index in [2.05, 4.69) is 33.9 Å². The molecular weight excluding hydrogens is 236 g/mol. The first-order valence-corrected chi connectivity index (χ1v) is 11.3. The van der Waals surface area contributed by atoms with Gasteiger partial charge in [-0.15, -0.1) is 0 Å².